The number of halogens is 1. The zero-order chi connectivity index (χ0) is 16.1. The molecule has 3 rings (SSSR count). The van der Waals surface area contributed by atoms with E-state index in [0.717, 1.165) is 0 Å². The molecule has 1 heterocycles. The van der Waals surface area contributed by atoms with Crippen molar-refractivity contribution in [1.82, 2.24) is 0 Å². The van der Waals surface area contributed by atoms with Crippen molar-refractivity contribution in [3.05, 3.63) is 28.3 Å². The van der Waals surface area contributed by atoms with Crippen LogP contribution in [0, 0.1) is 5.92 Å². The maximum atomic E-state index is 12.6. The second-order valence-corrected chi connectivity index (χ2v) is 8.01. The van der Waals surface area contributed by atoms with Crippen LogP contribution in [0.1, 0.15) is 35.2 Å². The molecule has 7 heteroatoms. The van der Waals surface area contributed by atoms with Gasteiger partial charge in [0.05, 0.1) is 10.6 Å². The molecular weight excluding hydrogens is 328 g/mol. The summed E-state index contributed by atoms with van der Waals surface area (Å²) in [6.45, 7) is 0. The molecule has 1 aromatic carbocycles. The third kappa shape index (κ3) is 2.30. The first-order valence-electron chi connectivity index (χ1n) is 6.96. The number of hydrogen-bond donors (Lipinski definition) is 0. The molecule has 2 aliphatic rings. The van der Waals surface area contributed by atoms with Crippen LogP contribution in [-0.2, 0) is 25.8 Å². The van der Waals surface area contributed by atoms with Crippen molar-refractivity contribution >= 4 is 38.8 Å². The van der Waals surface area contributed by atoms with Gasteiger partial charge in [0.2, 0.25) is 0 Å². The molecule has 1 fully saturated rings. The normalized spacial score (nSPS) is 21.0. The van der Waals surface area contributed by atoms with Gasteiger partial charge in [-0.15, -0.1) is 0 Å². The van der Waals surface area contributed by atoms with Crippen LogP contribution in [0.5, 0.6) is 0 Å². The van der Waals surface area contributed by atoms with Gasteiger partial charge in [0, 0.05) is 23.4 Å². The number of benzene rings is 1. The molecule has 22 heavy (non-hydrogen) atoms. The summed E-state index contributed by atoms with van der Waals surface area (Å²) >= 11 is 6.01. The Labute approximate surface area is 132 Å². The summed E-state index contributed by atoms with van der Waals surface area (Å²) in [5.74, 6) is -3.05. The largest absolute Gasteiger partial charge is 0.298 e. The van der Waals surface area contributed by atoms with Gasteiger partial charge in [0.25, 0.3) is 0 Å². The van der Waals surface area contributed by atoms with Crippen LogP contribution in [0.2, 0.25) is 5.02 Å². The van der Waals surface area contributed by atoms with Crippen molar-refractivity contribution in [3.8, 4) is 0 Å². The van der Waals surface area contributed by atoms with Crippen molar-refractivity contribution in [2.75, 3.05) is 5.75 Å². The van der Waals surface area contributed by atoms with Crippen LogP contribution in [-0.4, -0.2) is 31.5 Å². The third-order valence-corrected chi connectivity index (χ3v) is 6.34. The standard InChI is InChI=1S/C15H13ClO5S/c16-10-5-4-9(15-8(10)6-7-22(15,20)21)14(19)13-11(17)2-1-3-12(13)18/h4-5,13H,1-3,6-7H2. The minimum atomic E-state index is -3.61. The smallest absolute Gasteiger partial charge is 0.182 e. The van der Waals surface area contributed by atoms with Gasteiger partial charge < -0.3 is 0 Å². The quantitative estimate of drug-likeness (QED) is 0.605. The van der Waals surface area contributed by atoms with E-state index in [9.17, 15) is 22.8 Å². The van der Waals surface area contributed by atoms with Gasteiger partial charge in [-0.05, 0) is 30.5 Å². The van der Waals surface area contributed by atoms with Crippen LogP contribution < -0.4 is 0 Å². The van der Waals surface area contributed by atoms with E-state index in [1.165, 1.54) is 12.1 Å². The van der Waals surface area contributed by atoms with Crippen molar-refractivity contribution in [3.63, 3.8) is 0 Å². The average molecular weight is 341 g/mol. The summed E-state index contributed by atoms with van der Waals surface area (Å²) in [6, 6.07) is 2.76. The van der Waals surface area contributed by atoms with Gasteiger partial charge in [-0.1, -0.05) is 11.6 Å². The van der Waals surface area contributed by atoms with E-state index in [1.54, 1.807) is 0 Å². The highest BCUT2D eigenvalue weighted by molar-refractivity contribution is 7.91. The summed E-state index contributed by atoms with van der Waals surface area (Å²) in [6.07, 6.45) is 1.03. The fourth-order valence-electron chi connectivity index (χ4n) is 3.08. The Morgan fingerprint density at radius 2 is 1.73 bits per heavy atom. The van der Waals surface area contributed by atoms with Gasteiger partial charge in [-0.25, -0.2) is 8.42 Å². The van der Waals surface area contributed by atoms with Gasteiger partial charge in [-0.3, -0.25) is 14.4 Å². The molecule has 0 saturated heterocycles. The van der Waals surface area contributed by atoms with E-state index < -0.39 is 33.1 Å². The first-order valence-corrected chi connectivity index (χ1v) is 9.00. The highest BCUT2D eigenvalue weighted by Crippen LogP contribution is 2.36. The molecule has 5 nitrogen and oxygen atoms in total. The average Bonchev–Trinajstić information content (AvgIpc) is 2.76. The van der Waals surface area contributed by atoms with Crippen molar-refractivity contribution < 1.29 is 22.8 Å². The lowest BCUT2D eigenvalue weighted by Crippen LogP contribution is -2.35. The first kappa shape index (κ1) is 15.4. The van der Waals surface area contributed by atoms with Gasteiger partial charge in [-0.2, -0.15) is 0 Å². The number of hydrogen-bond acceptors (Lipinski definition) is 5. The molecule has 0 atom stereocenters. The number of carbonyl (C=O) groups is 3. The van der Waals surface area contributed by atoms with E-state index in [-0.39, 0.29) is 40.5 Å². The summed E-state index contributed by atoms with van der Waals surface area (Å²) in [5.41, 5.74) is 0.328. The second-order valence-electron chi connectivity index (χ2n) is 5.55. The molecule has 1 aliphatic heterocycles. The maximum absolute atomic E-state index is 12.6. The topological polar surface area (TPSA) is 85.3 Å². The van der Waals surface area contributed by atoms with E-state index in [0.29, 0.717) is 12.0 Å². The lowest BCUT2D eigenvalue weighted by molar-refractivity contribution is -0.133. The minimum Gasteiger partial charge on any atom is -0.298 e. The Morgan fingerprint density at radius 1 is 1.09 bits per heavy atom. The number of sulfone groups is 1. The van der Waals surface area contributed by atoms with E-state index in [4.69, 9.17) is 11.6 Å². The molecule has 1 aromatic rings. The van der Waals surface area contributed by atoms with Crippen molar-refractivity contribution in [2.24, 2.45) is 5.92 Å². The highest BCUT2D eigenvalue weighted by Gasteiger charge is 2.40. The summed E-state index contributed by atoms with van der Waals surface area (Å²) < 4.78 is 24.4. The van der Waals surface area contributed by atoms with Gasteiger partial charge in [0.15, 0.2) is 27.2 Å². The van der Waals surface area contributed by atoms with Crippen LogP contribution in [0.4, 0.5) is 0 Å². The molecule has 0 amide bonds. The fourth-order valence-corrected chi connectivity index (χ4v) is 5.15. The summed E-state index contributed by atoms with van der Waals surface area (Å²) in [5, 5.41) is 0.286. The van der Waals surface area contributed by atoms with Crippen LogP contribution >= 0.6 is 11.6 Å². The zero-order valence-electron chi connectivity index (χ0n) is 11.6. The number of ketones is 3. The molecule has 0 spiro atoms. The molecule has 0 radical (unpaired) electrons. The van der Waals surface area contributed by atoms with Crippen LogP contribution in [0.15, 0.2) is 17.0 Å². The molecule has 0 N–H and O–H groups in total. The number of carbonyl (C=O) groups excluding carboxylic acids is 3. The second kappa shape index (κ2) is 5.28. The summed E-state index contributed by atoms with van der Waals surface area (Å²) in [4.78, 5) is 36.4. The molecule has 0 aromatic heterocycles. The zero-order valence-corrected chi connectivity index (χ0v) is 13.2. The molecule has 1 aliphatic carbocycles. The predicted molar refractivity (Wildman–Crippen MR) is 78.9 cm³/mol. The third-order valence-electron chi connectivity index (χ3n) is 4.15. The predicted octanol–water partition coefficient (Wildman–Crippen LogP) is 1.79. The molecule has 116 valence electrons. The number of fused-ring (bicyclic) bond motifs is 1. The minimum absolute atomic E-state index is 0.0782. The highest BCUT2D eigenvalue weighted by atomic mass is 35.5. The van der Waals surface area contributed by atoms with Crippen LogP contribution in [0.3, 0.4) is 0 Å². The van der Waals surface area contributed by atoms with Gasteiger partial charge >= 0.3 is 0 Å². The van der Waals surface area contributed by atoms with Crippen molar-refractivity contribution in [1.29, 1.82) is 0 Å². The molecular formula is C15H13ClO5S. The van der Waals surface area contributed by atoms with Gasteiger partial charge in [0.1, 0.15) is 5.92 Å². The lowest BCUT2D eigenvalue weighted by Gasteiger charge is -2.19. The maximum Gasteiger partial charge on any atom is 0.182 e. The van der Waals surface area contributed by atoms with Crippen LogP contribution in [0.25, 0.3) is 0 Å². The Morgan fingerprint density at radius 3 is 2.36 bits per heavy atom. The van der Waals surface area contributed by atoms with E-state index in [1.807, 2.05) is 0 Å². The number of rotatable bonds is 2. The summed E-state index contributed by atoms with van der Waals surface area (Å²) in [7, 11) is -3.61. The molecule has 0 unspecified atom stereocenters. The SMILES string of the molecule is O=C1CCCC(=O)C1C(=O)c1ccc(Cl)c2c1S(=O)(=O)CC2. The van der Waals surface area contributed by atoms with Crippen molar-refractivity contribution in [2.45, 2.75) is 30.6 Å². The number of Topliss-reactive ketones (excluding diaryl/α,β-unsaturated/α-hetero) is 3. The molecule has 0 bridgehead atoms. The fraction of sp³-hybridized carbons (Fsp3) is 0.400. The van der Waals surface area contributed by atoms with E-state index in [2.05, 4.69) is 0 Å². The Bertz CT molecular complexity index is 793. The van der Waals surface area contributed by atoms with E-state index >= 15 is 0 Å². The monoisotopic (exact) mass is 340 g/mol. The lowest BCUT2D eigenvalue weighted by atomic mass is 9.81. The Kier molecular flexibility index (Phi) is 3.69. The first-order chi connectivity index (χ1) is 10.3. The Balaban J connectivity index is 2.14. The molecule has 1 saturated carbocycles. The Hall–Kier alpha value is -1.53.